The summed E-state index contributed by atoms with van der Waals surface area (Å²) in [5.74, 6) is 0.637. The molecule has 8 heteroatoms. The molecule has 2 aromatic carbocycles. The summed E-state index contributed by atoms with van der Waals surface area (Å²) in [5, 5.41) is 2.95. The van der Waals surface area contributed by atoms with Crippen LogP contribution in [0.5, 0.6) is 5.75 Å². The number of ether oxygens (including phenoxy) is 1. The van der Waals surface area contributed by atoms with E-state index >= 15 is 0 Å². The number of allylic oxidation sites excluding steroid dienone is 2. The van der Waals surface area contributed by atoms with Gasteiger partial charge in [-0.25, -0.2) is 0 Å². The van der Waals surface area contributed by atoms with Crippen LogP contribution in [-0.4, -0.2) is 33.2 Å². The molecule has 0 heterocycles. The first-order valence-electron chi connectivity index (χ1n) is 18.2. The molecule has 0 aliphatic carbocycles. The lowest BCUT2D eigenvalue weighted by Crippen LogP contribution is -2.39. The fourth-order valence-electron chi connectivity index (χ4n) is 5.55. The third kappa shape index (κ3) is 22.1. The molecule has 0 unspecified atom stereocenters. The van der Waals surface area contributed by atoms with Gasteiger partial charge in [-0.2, -0.15) is 19.2 Å². The first-order valence-corrected chi connectivity index (χ1v) is 19.8. The van der Waals surface area contributed by atoms with Gasteiger partial charge in [-0.3, -0.25) is 4.79 Å². The number of amides is 1. The summed E-state index contributed by atoms with van der Waals surface area (Å²) in [7, 11) is -4.40. The fourth-order valence-corrected chi connectivity index (χ4v) is 5.93. The van der Waals surface area contributed by atoms with E-state index in [1.54, 1.807) is 0 Å². The Bertz CT molecular complexity index is 1080. The lowest BCUT2D eigenvalue weighted by molar-refractivity contribution is -0.122. The van der Waals surface area contributed by atoms with E-state index in [2.05, 4.69) is 55.6 Å². The Morgan fingerprint density at radius 1 is 0.702 bits per heavy atom. The Labute approximate surface area is 285 Å². The van der Waals surface area contributed by atoms with E-state index in [-0.39, 0.29) is 12.5 Å². The number of hydrogen-bond acceptors (Lipinski definition) is 6. The largest absolute Gasteiger partial charge is 0.567 e. The highest BCUT2D eigenvalue weighted by Crippen LogP contribution is 2.45. The monoisotopic (exact) mass is 672 g/mol. The third-order valence-electron chi connectivity index (χ3n) is 8.38. The number of aryl methyl sites for hydroxylation is 1. The first-order chi connectivity index (χ1) is 22.8. The molecule has 0 saturated carbocycles. The summed E-state index contributed by atoms with van der Waals surface area (Å²) >= 11 is 0. The van der Waals surface area contributed by atoms with Gasteiger partial charge in [0.2, 0.25) is 5.91 Å². The van der Waals surface area contributed by atoms with Crippen LogP contribution >= 0.6 is 8.17 Å². The Balaban J connectivity index is 1.67. The maximum absolute atomic E-state index is 12.7. The second-order valence-electron chi connectivity index (χ2n) is 12.8. The topological polar surface area (TPSA) is 108 Å². The van der Waals surface area contributed by atoms with Crippen LogP contribution in [0.3, 0.4) is 0 Å². The highest BCUT2D eigenvalue weighted by atomic mass is 31.2. The summed E-state index contributed by atoms with van der Waals surface area (Å²) in [6, 6.07) is 15.7. The van der Waals surface area contributed by atoms with E-state index in [9.17, 15) is 19.5 Å². The lowest BCUT2D eigenvalue weighted by Gasteiger charge is -2.18. The van der Waals surface area contributed by atoms with Gasteiger partial charge in [-0.1, -0.05) is 127 Å². The van der Waals surface area contributed by atoms with Crippen LogP contribution in [0.15, 0.2) is 60.7 Å². The molecule has 1 amide bonds. The molecule has 2 aromatic rings. The number of benzene rings is 2. The maximum atomic E-state index is 12.7. The van der Waals surface area contributed by atoms with Crippen molar-refractivity contribution >= 4 is 14.1 Å². The van der Waals surface area contributed by atoms with Crippen molar-refractivity contribution in [2.75, 3.05) is 6.61 Å². The van der Waals surface area contributed by atoms with E-state index in [1.807, 2.05) is 24.3 Å². The Morgan fingerprint density at radius 2 is 1.23 bits per heavy atom. The zero-order valence-electron chi connectivity index (χ0n) is 29.2. The second-order valence-corrected chi connectivity index (χ2v) is 14.1. The standard InChI is InChI=1S/C39H62NO6P/c1-3-5-7-8-9-10-11-12-13-14-15-16-17-18-20-22-39(41)40-37(33-46-47(42,43)44)31-35-27-29-38(30-28-35)45-32-36-25-23-34(24-26-36)21-19-6-4-2/h12-13,23-30,37,42-44H,3-11,14-22,31-33H2,1-2H3/p+1/b13-12-/t37-/m0/s1. The number of hydrogen-bond donors (Lipinski definition) is 4. The van der Waals surface area contributed by atoms with Gasteiger partial charge >= 0.3 is 8.17 Å². The normalized spacial score (nSPS) is 12.4. The van der Waals surface area contributed by atoms with Crippen molar-refractivity contribution < 1.29 is 28.7 Å². The van der Waals surface area contributed by atoms with E-state index < -0.39 is 14.2 Å². The van der Waals surface area contributed by atoms with Gasteiger partial charge in [0.1, 0.15) is 19.0 Å². The van der Waals surface area contributed by atoms with E-state index in [0.29, 0.717) is 19.4 Å². The molecule has 2 rings (SSSR count). The van der Waals surface area contributed by atoms with Gasteiger partial charge in [0.05, 0.1) is 6.04 Å². The van der Waals surface area contributed by atoms with Crippen LogP contribution in [0, 0.1) is 0 Å². The van der Waals surface area contributed by atoms with Crippen molar-refractivity contribution in [2.45, 2.75) is 148 Å². The fraction of sp³-hybridized carbons (Fsp3) is 0.615. The van der Waals surface area contributed by atoms with Crippen LogP contribution in [-0.2, 0) is 28.8 Å². The number of carbonyl (C=O) groups is 1. The van der Waals surface area contributed by atoms with E-state index in [4.69, 9.17) is 9.26 Å². The molecule has 0 radical (unpaired) electrons. The maximum Gasteiger partial charge on any atom is 0.567 e. The van der Waals surface area contributed by atoms with Gasteiger partial charge in [0, 0.05) is 6.42 Å². The first kappa shape index (κ1) is 40.9. The van der Waals surface area contributed by atoms with Crippen molar-refractivity contribution in [3.05, 3.63) is 77.4 Å². The highest BCUT2D eigenvalue weighted by Gasteiger charge is 2.34. The van der Waals surface area contributed by atoms with E-state index in [0.717, 1.165) is 49.0 Å². The molecule has 47 heavy (non-hydrogen) atoms. The molecule has 4 N–H and O–H groups in total. The van der Waals surface area contributed by atoms with Crippen molar-refractivity contribution in [2.24, 2.45) is 0 Å². The van der Waals surface area contributed by atoms with Crippen LogP contribution in [0.4, 0.5) is 0 Å². The number of unbranched alkanes of at least 4 members (excludes halogenated alkanes) is 13. The SMILES string of the molecule is CCCCCCCC/C=C\CCCCCCCC(=O)N[C@H](CO[P+](O)(O)O)Cc1ccc(OCc2ccc(CCCCC)cc2)cc1. The molecule has 0 aliphatic rings. The summed E-state index contributed by atoms with van der Waals surface area (Å²) in [4.78, 5) is 40.7. The molecule has 0 aliphatic heterocycles. The average molecular weight is 673 g/mol. The summed E-state index contributed by atoms with van der Waals surface area (Å²) in [5.41, 5.74) is 3.40. The number of rotatable bonds is 28. The third-order valence-corrected chi connectivity index (χ3v) is 8.88. The van der Waals surface area contributed by atoms with Crippen LogP contribution in [0.1, 0.15) is 140 Å². The van der Waals surface area contributed by atoms with Crippen molar-refractivity contribution in [1.82, 2.24) is 5.32 Å². The quantitative estimate of drug-likeness (QED) is 0.0407. The Kier molecular flexibility index (Phi) is 22.4. The van der Waals surface area contributed by atoms with Crippen molar-refractivity contribution in [1.29, 1.82) is 0 Å². The van der Waals surface area contributed by atoms with Gasteiger partial charge in [0.15, 0.2) is 0 Å². The predicted molar refractivity (Wildman–Crippen MR) is 195 cm³/mol. The molecule has 1 atom stereocenters. The van der Waals surface area contributed by atoms with Crippen LogP contribution in [0.25, 0.3) is 0 Å². The van der Waals surface area contributed by atoms with Crippen molar-refractivity contribution in [3.63, 3.8) is 0 Å². The second kappa shape index (κ2) is 25.7. The minimum absolute atomic E-state index is 0.106. The minimum Gasteiger partial charge on any atom is -0.489 e. The van der Waals surface area contributed by atoms with Gasteiger partial charge < -0.3 is 10.1 Å². The lowest BCUT2D eigenvalue weighted by atomic mass is 10.1. The Morgan fingerprint density at radius 3 is 1.85 bits per heavy atom. The molecular formula is C39H63NO6P+. The highest BCUT2D eigenvalue weighted by molar-refractivity contribution is 7.53. The van der Waals surface area contributed by atoms with Gasteiger partial charge in [-0.15, -0.1) is 0 Å². The Hall–Kier alpha value is -2.28. The molecule has 0 fully saturated rings. The zero-order chi connectivity index (χ0) is 34.0. The molecular weight excluding hydrogens is 609 g/mol. The van der Waals surface area contributed by atoms with Gasteiger partial charge in [0.25, 0.3) is 0 Å². The summed E-state index contributed by atoms with van der Waals surface area (Å²) in [6.07, 6.45) is 25.9. The zero-order valence-corrected chi connectivity index (χ0v) is 30.1. The van der Waals surface area contributed by atoms with Gasteiger partial charge in [-0.05, 0) is 80.2 Å². The minimum atomic E-state index is -4.40. The molecule has 0 saturated heterocycles. The number of carbonyl (C=O) groups excluding carboxylic acids is 1. The predicted octanol–water partition coefficient (Wildman–Crippen LogP) is 9.73. The smallest absolute Gasteiger partial charge is 0.489 e. The number of nitrogens with one attached hydrogen (secondary N) is 1. The summed E-state index contributed by atoms with van der Waals surface area (Å²) < 4.78 is 10.8. The summed E-state index contributed by atoms with van der Waals surface area (Å²) in [6.45, 7) is 4.74. The van der Waals surface area contributed by atoms with Crippen LogP contribution < -0.4 is 10.1 Å². The molecule has 7 nitrogen and oxygen atoms in total. The molecule has 0 spiro atoms. The van der Waals surface area contributed by atoms with Crippen molar-refractivity contribution in [3.8, 4) is 5.75 Å². The van der Waals surface area contributed by atoms with Crippen LogP contribution in [0.2, 0.25) is 0 Å². The molecule has 0 aromatic heterocycles. The molecule has 264 valence electrons. The molecule has 0 bridgehead atoms. The average Bonchev–Trinajstić information content (AvgIpc) is 3.05. The van der Waals surface area contributed by atoms with E-state index in [1.165, 1.54) is 82.6 Å².